The van der Waals surface area contributed by atoms with Gasteiger partial charge in [-0.3, -0.25) is 4.79 Å². The van der Waals surface area contributed by atoms with Crippen LogP contribution in [0.4, 0.5) is 5.69 Å². The smallest absolute Gasteiger partial charge is 0.323 e. The number of hydrogen-bond acceptors (Lipinski definition) is 3. The molecule has 100 valence electrons. The van der Waals surface area contributed by atoms with Crippen molar-refractivity contribution in [2.45, 2.75) is 0 Å². The molecule has 5 nitrogen and oxygen atoms in total. The number of aromatic amines is 2. The van der Waals surface area contributed by atoms with Crippen LogP contribution in [0.3, 0.4) is 0 Å². The number of imidazole rings is 1. The van der Waals surface area contributed by atoms with Gasteiger partial charge in [-0.2, -0.15) is 0 Å². The van der Waals surface area contributed by atoms with Crippen molar-refractivity contribution in [2.75, 3.05) is 5.73 Å². The number of hydrogen-bond donors (Lipinski definition) is 3. The molecular weight excluding hydrogens is 278 g/mol. The maximum Gasteiger partial charge on any atom is 0.323 e. The number of anilines is 1. The van der Waals surface area contributed by atoms with Crippen molar-refractivity contribution < 1.29 is 4.79 Å². The highest BCUT2D eigenvalue weighted by Crippen LogP contribution is 2.25. The summed E-state index contributed by atoms with van der Waals surface area (Å²) in [5.41, 5.74) is 7.75. The number of ketones is 1. The van der Waals surface area contributed by atoms with E-state index in [1.807, 2.05) is 0 Å². The predicted octanol–water partition coefficient (Wildman–Crippen LogP) is 2.32. The van der Waals surface area contributed by atoms with E-state index in [1.165, 1.54) is 0 Å². The molecule has 0 aliphatic rings. The third kappa shape index (κ3) is 1.98. The summed E-state index contributed by atoms with van der Waals surface area (Å²) in [5, 5.41) is 0.340. The van der Waals surface area contributed by atoms with Gasteiger partial charge in [0.1, 0.15) is 0 Å². The molecule has 6 heteroatoms. The number of para-hydroxylation sites is 1. The van der Waals surface area contributed by atoms with Crippen LogP contribution in [0.1, 0.15) is 15.9 Å². The molecule has 2 aromatic carbocycles. The zero-order chi connectivity index (χ0) is 14.3. The molecule has 0 amide bonds. The first kappa shape index (κ1) is 12.5. The Bertz CT molecular complexity index is 880. The quantitative estimate of drug-likeness (QED) is 0.499. The van der Waals surface area contributed by atoms with Crippen LogP contribution in [-0.4, -0.2) is 15.8 Å². The lowest BCUT2D eigenvalue weighted by Crippen LogP contribution is -2.05. The van der Waals surface area contributed by atoms with Crippen LogP contribution in [0.5, 0.6) is 0 Å². The Morgan fingerprint density at radius 1 is 1.10 bits per heavy atom. The van der Waals surface area contributed by atoms with E-state index in [1.54, 1.807) is 36.4 Å². The summed E-state index contributed by atoms with van der Waals surface area (Å²) in [6, 6.07) is 9.82. The van der Waals surface area contributed by atoms with Crippen molar-refractivity contribution in [1.82, 2.24) is 9.97 Å². The van der Waals surface area contributed by atoms with Gasteiger partial charge in [0, 0.05) is 11.1 Å². The molecule has 4 N–H and O–H groups in total. The van der Waals surface area contributed by atoms with E-state index in [2.05, 4.69) is 9.97 Å². The normalized spacial score (nSPS) is 10.8. The van der Waals surface area contributed by atoms with Gasteiger partial charge < -0.3 is 15.7 Å². The molecular formula is C14H10ClN3O2. The number of benzene rings is 2. The second-order valence-corrected chi connectivity index (χ2v) is 4.78. The predicted molar refractivity (Wildman–Crippen MR) is 78.2 cm³/mol. The molecule has 0 fully saturated rings. The van der Waals surface area contributed by atoms with Crippen LogP contribution >= 0.6 is 11.6 Å². The highest BCUT2D eigenvalue weighted by molar-refractivity contribution is 6.34. The number of H-pyrrole nitrogens is 2. The Morgan fingerprint density at radius 2 is 1.85 bits per heavy atom. The minimum Gasteiger partial charge on any atom is -0.397 e. The number of aromatic nitrogens is 2. The fourth-order valence-electron chi connectivity index (χ4n) is 2.06. The molecule has 0 saturated heterocycles. The van der Waals surface area contributed by atoms with E-state index in [4.69, 9.17) is 17.3 Å². The summed E-state index contributed by atoms with van der Waals surface area (Å²) in [6.07, 6.45) is 0. The van der Waals surface area contributed by atoms with Crippen molar-refractivity contribution in [3.8, 4) is 0 Å². The zero-order valence-electron chi connectivity index (χ0n) is 10.2. The van der Waals surface area contributed by atoms with Crippen LogP contribution in [0.25, 0.3) is 11.0 Å². The van der Waals surface area contributed by atoms with Gasteiger partial charge in [0.05, 0.1) is 21.7 Å². The SMILES string of the molecule is Nc1c(Cl)cccc1C(=O)c1ccc2[nH]c(=O)[nH]c2c1. The van der Waals surface area contributed by atoms with Crippen LogP contribution in [0.15, 0.2) is 41.2 Å². The Balaban J connectivity index is 2.12. The minimum atomic E-state index is -0.313. The molecule has 1 aromatic heterocycles. The van der Waals surface area contributed by atoms with Gasteiger partial charge in [-0.1, -0.05) is 17.7 Å². The number of nitrogens with one attached hydrogen (secondary N) is 2. The van der Waals surface area contributed by atoms with Crippen LogP contribution < -0.4 is 11.4 Å². The fourth-order valence-corrected chi connectivity index (χ4v) is 2.24. The zero-order valence-corrected chi connectivity index (χ0v) is 11.0. The van der Waals surface area contributed by atoms with Gasteiger partial charge >= 0.3 is 5.69 Å². The van der Waals surface area contributed by atoms with Crippen LogP contribution in [-0.2, 0) is 0 Å². The molecule has 0 aliphatic carbocycles. The van der Waals surface area contributed by atoms with E-state index in [0.29, 0.717) is 27.2 Å². The van der Waals surface area contributed by atoms with Crippen molar-refractivity contribution in [3.05, 3.63) is 63.0 Å². The van der Waals surface area contributed by atoms with Gasteiger partial charge in [0.25, 0.3) is 0 Å². The Morgan fingerprint density at radius 3 is 2.65 bits per heavy atom. The maximum absolute atomic E-state index is 12.4. The summed E-state index contributed by atoms with van der Waals surface area (Å²) < 4.78 is 0. The lowest BCUT2D eigenvalue weighted by Gasteiger charge is -2.06. The molecule has 0 aliphatic heterocycles. The number of nitrogen functional groups attached to an aromatic ring is 1. The third-order valence-corrected chi connectivity index (χ3v) is 3.41. The molecule has 3 aromatic rings. The topological polar surface area (TPSA) is 91.7 Å². The number of fused-ring (bicyclic) bond motifs is 1. The second-order valence-electron chi connectivity index (χ2n) is 4.37. The summed E-state index contributed by atoms with van der Waals surface area (Å²) in [5.74, 6) is -0.242. The standard InChI is InChI=1S/C14H10ClN3O2/c15-9-3-1-2-8(12(9)16)13(19)7-4-5-10-11(6-7)18-14(20)17-10/h1-6H,16H2,(H2,17,18,20). The van der Waals surface area contributed by atoms with Crippen molar-refractivity contribution in [2.24, 2.45) is 0 Å². The first-order chi connectivity index (χ1) is 9.56. The second kappa shape index (κ2) is 4.54. The van der Waals surface area contributed by atoms with E-state index in [9.17, 15) is 9.59 Å². The third-order valence-electron chi connectivity index (χ3n) is 3.08. The number of carbonyl (C=O) groups is 1. The summed E-state index contributed by atoms with van der Waals surface area (Å²) in [6.45, 7) is 0. The average molecular weight is 288 g/mol. The Hall–Kier alpha value is -2.53. The van der Waals surface area contributed by atoms with Gasteiger partial charge in [-0.15, -0.1) is 0 Å². The Kier molecular flexibility index (Phi) is 2.84. The Labute approximate surface area is 118 Å². The monoisotopic (exact) mass is 287 g/mol. The number of nitrogens with two attached hydrogens (primary N) is 1. The first-order valence-corrected chi connectivity index (χ1v) is 6.25. The maximum atomic E-state index is 12.4. The summed E-state index contributed by atoms with van der Waals surface area (Å²) in [4.78, 5) is 28.9. The van der Waals surface area contributed by atoms with Crippen molar-refractivity contribution in [3.63, 3.8) is 0 Å². The molecule has 0 saturated carbocycles. The molecule has 0 spiro atoms. The number of carbonyl (C=O) groups excluding carboxylic acids is 1. The van der Waals surface area contributed by atoms with Crippen LogP contribution in [0.2, 0.25) is 5.02 Å². The minimum absolute atomic E-state index is 0.242. The van der Waals surface area contributed by atoms with E-state index in [-0.39, 0.29) is 17.2 Å². The molecule has 0 bridgehead atoms. The van der Waals surface area contributed by atoms with Crippen LogP contribution in [0, 0.1) is 0 Å². The molecule has 20 heavy (non-hydrogen) atoms. The van der Waals surface area contributed by atoms with Crippen molar-refractivity contribution >= 4 is 34.1 Å². The van der Waals surface area contributed by atoms with E-state index in [0.717, 1.165) is 0 Å². The largest absolute Gasteiger partial charge is 0.397 e. The highest BCUT2D eigenvalue weighted by Gasteiger charge is 2.14. The lowest BCUT2D eigenvalue weighted by molar-refractivity contribution is 0.103. The molecule has 0 atom stereocenters. The fraction of sp³-hybridized carbons (Fsp3) is 0. The van der Waals surface area contributed by atoms with Gasteiger partial charge in [0.15, 0.2) is 5.78 Å². The average Bonchev–Trinajstić information content (AvgIpc) is 2.80. The molecule has 3 rings (SSSR count). The lowest BCUT2D eigenvalue weighted by atomic mass is 10.0. The first-order valence-electron chi connectivity index (χ1n) is 5.87. The summed E-state index contributed by atoms with van der Waals surface area (Å²) >= 11 is 5.91. The van der Waals surface area contributed by atoms with E-state index < -0.39 is 0 Å². The molecule has 0 radical (unpaired) electrons. The molecule has 0 unspecified atom stereocenters. The number of rotatable bonds is 2. The van der Waals surface area contributed by atoms with Gasteiger partial charge in [-0.05, 0) is 30.3 Å². The summed E-state index contributed by atoms with van der Waals surface area (Å²) in [7, 11) is 0. The van der Waals surface area contributed by atoms with Gasteiger partial charge in [-0.25, -0.2) is 4.79 Å². The molecule has 1 heterocycles. The highest BCUT2D eigenvalue weighted by atomic mass is 35.5. The van der Waals surface area contributed by atoms with E-state index >= 15 is 0 Å². The van der Waals surface area contributed by atoms with Crippen molar-refractivity contribution in [1.29, 1.82) is 0 Å². The van der Waals surface area contributed by atoms with Gasteiger partial charge in [0.2, 0.25) is 0 Å². The number of halogens is 1.